The lowest BCUT2D eigenvalue weighted by Gasteiger charge is -2.32. The van der Waals surface area contributed by atoms with Crippen molar-refractivity contribution in [1.82, 2.24) is 9.80 Å². The van der Waals surface area contributed by atoms with Gasteiger partial charge in [-0.25, -0.2) is 0 Å². The van der Waals surface area contributed by atoms with Crippen LogP contribution in [0, 0.1) is 5.92 Å². The topological polar surface area (TPSA) is 23.6 Å². The van der Waals surface area contributed by atoms with Gasteiger partial charge in [-0.2, -0.15) is 0 Å². The molecule has 0 N–H and O–H groups in total. The van der Waals surface area contributed by atoms with Crippen LogP contribution in [0.15, 0.2) is 6.07 Å². The smallest absolute Gasteiger partial charge is 0.264 e. The van der Waals surface area contributed by atoms with Gasteiger partial charge in [0.05, 0.1) is 4.88 Å². The van der Waals surface area contributed by atoms with Crippen LogP contribution in [0.4, 0.5) is 0 Å². The maximum atomic E-state index is 12.5. The summed E-state index contributed by atoms with van der Waals surface area (Å²) in [5.41, 5.74) is 1.43. The first-order valence-corrected chi connectivity index (χ1v) is 8.04. The van der Waals surface area contributed by atoms with Gasteiger partial charge in [0.15, 0.2) is 0 Å². The lowest BCUT2D eigenvalue weighted by molar-refractivity contribution is 0.0669. The lowest BCUT2D eigenvalue weighted by Crippen LogP contribution is -2.46. The van der Waals surface area contributed by atoms with Crippen molar-refractivity contribution in [3.05, 3.63) is 21.4 Å². The second-order valence-corrected chi connectivity index (χ2v) is 7.14. The molecule has 19 heavy (non-hydrogen) atoms. The van der Waals surface area contributed by atoms with E-state index in [1.807, 2.05) is 4.90 Å². The molecule has 1 aliphatic carbocycles. The zero-order chi connectivity index (χ0) is 13.4. The highest BCUT2D eigenvalue weighted by molar-refractivity contribution is 7.14. The molecule has 1 aliphatic heterocycles. The fourth-order valence-electron chi connectivity index (χ4n) is 2.98. The highest BCUT2D eigenvalue weighted by Gasteiger charge is 2.25. The molecule has 0 saturated carbocycles. The second-order valence-electron chi connectivity index (χ2n) is 6.00. The van der Waals surface area contributed by atoms with Crippen LogP contribution in [0.5, 0.6) is 0 Å². The van der Waals surface area contributed by atoms with E-state index in [-0.39, 0.29) is 5.91 Å². The van der Waals surface area contributed by atoms with Crippen LogP contribution in [0.3, 0.4) is 0 Å². The molecule has 0 aromatic carbocycles. The van der Waals surface area contributed by atoms with Crippen LogP contribution >= 0.6 is 11.3 Å². The number of nitrogens with zero attached hydrogens (tertiary/aromatic N) is 2. The summed E-state index contributed by atoms with van der Waals surface area (Å²) in [6, 6.07) is 2.16. The van der Waals surface area contributed by atoms with Crippen molar-refractivity contribution in [3.63, 3.8) is 0 Å². The van der Waals surface area contributed by atoms with E-state index < -0.39 is 0 Å². The predicted octanol–water partition coefficient (Wildman–Crippen LogP) is 2.26. The lowest BCUT2D eigenvalue weighted by atomic mass is 9.90. The van der Waals surface area contributed by atoms with Crippen LogP contribution < -0.4 is 0 Å². The van der Waals surface area contributed by atoms with Crippen molar-refractivity contribution in [2.75, 3.05) is 33.2 Å². The van der Waals surface area contributed by atoms with Gasteiger partial charge in [0.25, 0.3) is 5.91 Å². The number of hydrogen-bond acceptors (Lipinski definition) is 3. The summed E-state index contributed by atoms with van der Waals surface area (Å²) in [5.74, 6) is 1.02. The summed E-state index contributed by atoms with van der Waals surface area (Å²) < 4.78 is 0. The Bertz CT molecular complexity index is 474. The molecule has 1 atom stereocenters. The van der Waals surface area contributed by atoms with Gasteiger partial charge < -0.3 is 9.80 Å². The van der Waals surface area contributed by atoms with Crippen molar-refractivity contribution in [3.8, 4) is 0 Å². The normalized spacial score (nSPS) is 24.3. The van der Waals surface area contributed by atoms with Gasteiger partial charge >= 0.3 is 0 Å². The van der Waals surface area contributed by atoms with Crippen LogP contribution in [-0.2, 0) is 12.8 Å². The number of fused-ring (bicyclic) bond motifs is 1. The Morgan fingerprint density at radius 2 is 2.05 bits per heavy atom. The first-order valence-electron chi connectivity index (χ1n) is 7.23. The van der Waals surface area contributed by atoms with Gasteiger partial charge in [-0.3, -0.25) is 4.79 Å². The quantitative estimate of drug-likeness (QED) is 0.787. The molecular formula is C15H22N2OS. The molecule has 2 aliphatic rings. The summed E-state index contributed by atoms with van der Waals surface area (Å²) in [7, 11) is 2.12. The molecule has 0 radical (unpaired) electrons. The summed E-state index contributed by atoms with van der Waals surface area (Å²) >= 11 is 1.74. The van der Waals surface area contributed by atoms with Crippen molar-refractivity contribution >= 4 is 17.2 Å². The SMILES string of the molecule is C[C@@H]1CCc2sc(C(=O)N3CCN(C)CC3)cc2C1. The third-order valence-corrected chi connectivity index (χ3v) is 5.56. The Morgan fingerprint density at radius 3 is 2.79 bits per heavy atom. The minimum absolute atomic E-state index is 0.250. The van der Waals surface area contributed by atoms with Gasteiger partial charge in [-0.1, -0.05) is 6.92 Å². The van der Waals surface area contributed by atoms with Crippen molar-refractivity contribution in [1.29, 1.82) is 0 Å². The van der Waals surface area contributed by atoms with Crippen molar-refractivity contribution < 1.29 is 4.79 Å². The zero-order valence-electron chi connectivity index (χ0n) is 11.8. The van der Waals surface area contributed by atoms with Crippen molar-refractivity contribution in [2.24, 2.45) is 5.92 Å². The molecule has 1 saturated heterocycles. The highest BCUT2D eigenvalue weighted by Crippen LogP contribution is 2.32. The molecule has 2 heterocycles. The van der Waals surface area contributed by atoms with E-state index >= 15 is 0 Å². The molecule has 4 heteroatoms. The Kier molecular flexibility index (Phi) is 3.63. The molecule has 1 aromatic rings. The molecule has 1 amide bonds. The van der Waals surface area contributed by atoms with E-state index in [0.717, 1.165) is 49.8 Å². The summed E-state index contributed by atoms with van der Waals surface area (Å²) in [5, 5.41) is 0. The zero-order valence-corrected chi connectivity index (χ0v) is 12.6. The number of carbonyl (C=O) groups excluding carboxylic acids is 1. The van der Waals surface area contributed by atoms with E-state index in [2.05, 4.69) is 24.9 Å². The highest BCUT2D eigenvalue weighted by atomic mass is 32.1. The molecule has 3 nitrogen and oxygen atoms in total. The van der Waals surface area contributed by atoms with Gasteiger partial charge in [0.2, 0.25) is 0 Å². The Labute approximate surface area is 119 Å². The third-order valence-electron chi connectivity index (χ3n) is 4.33. The molecule has 0 unspecified atom stereocenters. The average molecular weight is 278 g/mol. The largest absolute Gasteiger partial charge is 0.335 e. The summed E-state index contributed by atoms with van der Waals surface area (Å²) in [6.07, 6.45) is 3.59. The number of aryl methyl sites for hydroxylation is 1. The van der Waals surface area contributed by atoms with E-state index in [1.54, 1.807) is 11.3 Å². The van der Waals surface area contributed by atoms with Gasteiger partial charge in [-0.05, 0) is 43.9 Å². The van der Waals surface area contributed by atoms with Gasteiger partial charge in [-0.15, -0.1) is 11.3 Å². The fourth-order valence-corrected chi connectivity index (χ4v) is 4.15. The molecule has 3 rings (SSSR count). The molecule has 1 fully saturated rings. The van der Waals surface area contributed by atoms with Crippen LogP contribution in [-0.4, -0.2) is 48.9 Å². The maximum absolute atomic E-state index is 12.5. The van der Waals surface area contributed by atoms with Crippen LogP contribution in [0.25, 0.3) is 0 Å². The van der Waals surface area contributed by atoms with E-state index in [9.17, 15) is 4.79 Å². The monoisotopic (exact) mass is 278 g/mol. The molecular weight excluding hydrogens is 256 g/mol. The number of hydrogen-bond donors (Lipinski definition) is 0. The molecule has 104 valence electrons. The second kappa shape index (κ2) is 5.25. The van der Waals surface area contributed by atoms with Crippen molar-refractivity contribution in [2.45, 2.75) is 26.2 Å². The summed E-state index contributed by atoms with van der Waals surface area (Å²) in [6.45, 7) is 6.03. The first kappa shape index (κ1) is 13.1. The molecule has 0 spiro atoms. The predicted molar refractivity (Wildman–Crippen MR) is 78.9 cm³/mol. The van der Waals surface area contributed by atoms with Gasteiger partial charge in [0, 0.05) is 31.1 Å². The number of likely N-dealkylation sites (N-methyl/N-ethyl adjacent to an activating group) is 1. The average Bonchev–Trinajstić information content (AvgIpc) is 2.81. The van der Waals surface area contributed by atoms with E-state index in [1.165, 1.54) is 16.9 Å². The van der Waals surface area contributed by atoms with Crippen LogP contribution in [0.1, 0.15) is 33.5 Å². The minimum Gasteiger partial charge on any atom is -0.335 e. The van der Waals surface area contributed by atoms with E-state index in [4.69, 9.17) is 0 Å². The Balaban J connectivity index is 1.74. The van der Waals surface area contributed by atoms with Crippen LogP contribution in [0.2, 0.25) is 0 Å². The third kappa shape index (κ3) is 2.70. The fraction of sp³-hybridized carbons (Fsp3) is 0.667. The number of thiophene rings is 1. The number of rotatable bonds is 1. The molecule has 1 aromatic heterocycles. The Morgan fingerprint density at radius 1 is 1.32 bits per heavy atom. The first-order chi connectivity index (χ1) is 9.13. The Hall–Kier alpha value is -0.870. The van der Waals surface area contributed by atoms with Gasteiger partial charge in [0.1, 0.15) is 0 Å². The standard InChI is InChI=1S/C15H22N2OS/c1-11-3-4-13-12(9-11)10-14(19-13)15(18)17-7-5-16(2)6-8-17/h10-11H,3-9H2,1-2H3/t11-/m1/s1. The number of carbonyl (C=O) groups is 1. The minimum atomic E-state index is 0.250. The number of amides is 1. The van der Waals surface area contributed by atoms with E-state index in [0.29, 0.717) is 0 Å². The summed E-state index contributed by atoms with van der Waals surface area (Å²) in [4.78, 5) is 19.2. The number of piperazine rings is 1. The molecule has 0 bridgehead atoms. The maximum Gasteiger partial charge on any atom is 0.264 e.